The van der Waals surface area contributed by atoms with Gasteiger partial charge in [-0.1, -0.05) is 29.8 Å². The fourth-order valence-electron chi connectivity index (χ4n) is 2.79. The summed E-state index contributed by atoms with van der Waals surface area (Å²) in [6.07, 6.45) is 0. The van der Waals surface area contributed by atoms with Crippen molar-refractivity contribution >= 4 is 5.91 Å². The van der Waals surface area contributed by atoms with Crippen LogP contribution < -0.4 is 10.9 Å². The second kappa shape index (κ2) is 8.73. The van der Waals surface area contributed by atoms with E-state index in [-0.39, 0.29) is 17.2 Å². The van der Waals surface area contributed by atoms with E-state index in [1.54, 1.807) is 0 Å². The molecule has 7 nitrogen and oxygen atoms in total. The third-order valence-electron chi connectivity index (χ3n) is 4.37. The van der Waals surface area contributed by atoms with E-state index >= 15 is 0 Å². The van der Waals surface area contributed by atoms with Gasteiger partial charge in [-0.15, -0.1) is 0 Å². The smallest absolute Gasteiger partial charge is 0.271 e. The molecule has 1 aliphatic heterocycles. The van der Waals surface area contributed by atoms with Gasteiger partial charge in [-0.2, -0.15) is 5.10 Å². The molecule has 0 saturated carbocycles. The summed E-state index contributed by atoms with van der Waals surface area (Å²) in [5.41, 5.74) is 2.15. The molecule has 1 aromatic heterocycles. The maximum Gasteiger partial charge on any atom is 0.271 e. The minimum absolute atomic E-state index is 0.226. The Kier molecular flexibility index (Phi) is 6.14. The first kappa shape index (κ1) is 18.3. The molecule has 7 heteroatoms. The molecule has 0 radical (unpaired) electrons. The number of carbonyl (C=O) groups excluding carboxylic acids is 1. The molecule has 0 spiro atoms. The first-order chi connectivity index (χ1) is 12.6. The Morgan fingerprint density at radius 3 is 2.62 bits per heavy atom. The van der Waals surface area contributed by atoms with E-state index in [1.807, 2.05) is 31.2 Å². The molecular formula is C19H24N4O3. The number of hydrogen-bond acceptors (Lipinski definition) is 5. The lowest BCUT2D eigenvalue weighted by atomic mass is 10.1. The normalized spacial score (nSPS) is 15.0. The maximum absolute atomic E-state index is 12.3. The summed E-state index contributed by atoms with van der Waals surface area (Å²) < 4.78 is 6.63. The molecule has 26 heavy (non-hydrogen) atoms. The lowest BCUT2D eigenvalue weighted by Crippen LogP contribution is -2.41. The topological polar surface area (TPSA) is 76.5 Å². The Hall–Kier alpha value is -2.51. The van der Waals surface area contributed by atoms with Gasteiger partial charge in [-0.3, -0.25) is 14.5 Å². The number of amides is 1. The van der Waals surface area contributed by atoms with Crippen LogP contribution in [0.15, 0.2) is 41.2 Å². The van der Waals surface area contributed by atoms with Crippen molar-refractivity contribution in [3.8, 4) is 0 Å². The molecule has 1 aromatic carbocycles. The molecule has 0 aliphatic carbocycles. The van der Waals surface area contributed by atoms with Gasteiger partial charge in [0, 0.05) is 32.2 Å². The number of carbonyl (C=O) groups is 1. The van der Waals surface area contributed by atoms with Crippen LogP contribution in [0.25, 0.3) is 0 Å². The highest BCUT2D eigenvalue weighted by molar-refractivity contribution is 5.91. The maximum atomic E-state index is 12.3. The number of aromatic nitrogens is 2. The molecule has 0 unspecified atom stereocenters. The van der Waals surface area contributed by atoms with Gasteiger partial charge in [0.2, 0.25) is 0 Å². The van der Waals surface area contributed by atoms with Gasteiger partial charge in [0.25, 0.3) is 11.5 Å². The largest absolute Gasteiger partial charge is 0.379 e. The van der Waals surface area contributed by atoms with E-state index in [4.69, 9.17) is 4.74 Å². The van der Waals surface area contributed by atoms with Gasteiger partial charge >= 0.3 is 0 Å². The molecular weight excluding hydrogens is 332 g/mol. The first-order valence-electron chi connectivity index (χ1n) is 8.84. The summed E-state index contributed by atoms with van der Waals surface area (Å²) in [6.45, 7) is 6.91. The Labute approximate surface area is 152 Å². The number of nitrogens with one attached hydrogen (secondary N) is 1. The van der Waals surface area contributed by atoms with Gasteiger partial charge < -0.3 is 10.1 Å². The van der Waals surface area contributed by atoms with Gasteiger partial charge in [0.1, 0.15) is 5.69 Å². The number of hydrogen-bond donors (Lipinski definition) is 1. The summed E-state index contributed by atoms with van der Waals surface area (Å²) in [6, 6.07) is 10.7. The highest BCUT2D eigenvalue weighted by Gasteiger charge is 2.12. The summed E-state index contributed by atoms with van der Waals surface area (Å²) in [4.78, 5) is 26.6. The number of benzene rings is 1. The van der Waals surface area contributed by atoms with Gasteiger partial charge in [0.05, 0.1) is 19.8 Å². The van der Waals surface area contributed by atoms with Crippen LogP contribution in [0.4, 0.5) is 0 Å². The van der Waals surface area contributed by atoms with Crippen molar-refractivity contribution in [1.29, 1.82) is 0 Å². The monoisotopic (exact) mass is 356 g/mol. The summed E-state index contributed by atoms with van der Waals surface area (Å²) in [7, 11) is 0. The SMILES string of the molecule is Cc1ccc(Cn2nc(C(=O)NCCN3CCOCC3)ccc2=O)cc1. The third kappa shape index (κ3) is 5.00. The summed E-state index contributed by atoms with van der Waals surface area (Å²) >= 11 is 0. The van der Waals surface area contributed by atoms with Crippen LogP contribution in [-0.2, 0) is 11.3 Å². The van der Waals surface area contributed by atoms with Crippen LogP contribution in [0, 0.1) is 6.92 Å². The van der Waals surface area contributed by atoms with Crippen LogP contribution in [0.5, 0.6) is 0 Å². The van der Waals surface area contributed by atoms with E-state index in [0.717, 1.165) is 44.0 Å². The standard InChI is InChI=1S/C19H24N4O3/c1-15-2-4-16(5-3-15)14-23-18(24)7-6-17(21-23)19(25)20-8-9-22-10-12-26-13-11-22/h2-7H,8-14H2,1H3,(H,20,25). The van der Waals surface area contributed by atoms with E-state index in [2.05, 4.69) is 15.3 Å². The number of aryl methyl sites for hydroxylation is 1. The first-order valence-corrected chi connectivity index (χ1v) is 8.84. The second-order valence-corrected chi connectivity index (χ2v) is 6.41. The average molecular weight is 356 g/mol. The zero-order valence-electron chi connectivity index (χ0n) is 15.0. The van der Waals surface area contributed by atoms with Crippen molar-refractivity contribution in [2.45, 2.75) is 13.5 Å². The van der Waals surface area contributed by atoms with Gasteiger partial charge in [-0.25, -0.2) is 4.68 Å². The Bertz CT molecular complexity index is 795. The molecule has 138 valence electrons. The minimum Gasteiger partial charge on any atom is -0.379 e. The van der Waals surface area contributed by atoms with Crippen molar-refractivity contribution < 1.29 is 9.53 Å². The molecule has 0 atom stereocenters. The molecule has 1 N–H and O–H groups in total. The second-order valence-electron chi connectivity index (χ2n) is 6.41. The van der Waals surface area contributed by atoms with Crippen LogP contribution in [0.2, 0.25) is 0 Å². The van der Waals surface area contributed by atoms with E-state index in [1.165, 1.54) is 16.8 Å². The van der Waals surface area contributed by atoms with Crippen molar-refractivity contribution in [1.82, 2.24) is 20.0 Å². The lowest BCUT2D eigenvalue weighted by Gasteiger charge is -2.26. The molecule has 2 aromatic rings. The molecule has 3 rings (SSSR count). The summed E-state index contributed by atoms with van der Waals surface area (Å²) in [5, 5.41) is 7.08. The predicted octanol–water partition coefficient (Wildman–Crippen LogP) is 0.662. The van der Waals surface area contributed by atoms with Crippen molar-refractivity contribution in [3.63, 3.8) is 0 Å². The zero-order chi connectivity index (χ0) is 18.4. The lowest BCUT2D eigenvalue weighted by molar-refractivity contribution is 0.0383. The molecule has 0 bridgehead atoms. The van der Waals surface area contributed by atoms with E-state index in [9.17, 15) is 9.59 Å². The van der Waals surface area contributed by atoms with Crippen molar-refractivity contribution in [2.24, 2.45) is 0 Å². The Morgan fingerprint density at radius 2 is 1.88 bits per heavy atom. The number of morpholine rings is 1. The van der Waals surface area contributed by atoms with Crippen molar-refractivity contribution in [2.75, 3.05) is 39.4 Å². The van der Waals surface area contributed by atoms with Crippen molar-refractivity contribution in [3.05, 3.63) is 63.6 Å². The fourth-order valence-corrected chi connectivity index (χ4v) is 2.79. The molecule has 1 fully saturated rings. The zero-order valence-corrected chi connectivity index (χ0v) is 15.0. The van der Waals surface area contributed by atoms with Crippen LogP contribution in [0.3, 0.4) is 0 Å². The molecule has 1 amide bonds. The highest BCUT2D eigenvalue weighted by atomic mass is 16.5. The third-order valence-corrected chi connectivity index (χ3v) is 4.37. The number of nitrogens with zero attached hydrogens (tertiary/aromatic N) is 3. The quantitative estimate of drug-likeness (QED) is 0.823. The van der Waals surface area contributed by atoms with Gasteiger partial charge in [0.15, 0.2) is 0 Å². The molecule has 2 heterocycles. The van der Waals surface area contributed by atoms with Crippen LogP contribution in [0.1, 0.15) is 21.6 Å². The van der Waals surface area contributed by atoms with Crippen LogP contribution in [-0.4, -0.2) is 60.0 Å². The summed E-state index contributed by atoms with van der Waals surface area (Å²) in [5.74, 6) is -0.268. The highest BCUT2D eigenvalue weighted by Crippen LogP contribution is 2.04. The predicted molar refractivity (Wildman–Crippen MR) is 98.4 cm³/mol. The average Bonchev–Trinajstić information content (AvgIpc) is 2.66. The van der Waals surface area contributed by atoms with Gasteiger partial charge in [-0.05, 0) is 18.6 Å². The number of rotatable bonds is 6. The Morgan fingerprint density at radius 1 is 1.15 bits per heavy atom. The molecule has 1 aliphatic rings. The number of ether oxygens (including phenoxy) is 1. The van der Waals surface area contributed by atoms with E-state index in [0.29, 0.717) is 13.1 Å². The van der Waals surface area contributed by atoms with E-state index < -0.39 is 0 Å². The minimum atomic E-state index is -0.268. The van der Waals surface area contributed by atoms with Crippen LogP contribution >= 0.6 is 0 Å². The fraction of sp³-hybridized carbons (Fsp3) is 0.421. The Balaban J connectivity index is 1.59. The molecule has 1 saturated heterocycles.